The third-order valence-electron chi connectivity index (χ3n) is 3.00. The maximum Gasteiger partial charge on any atom is 0.264 e. The average molecular weight is 256 g/mol. The van der Waals surface area contributed by atoms with Gasteiger partial charge in [0.15, 0.2) is 5.82 Å². The molecule has 0 aliphatic carbocycles. The fourth-order valence-electron chi connectivity index (χ4n) is 2.05. The Kier molecular flexibility index (Phi) is 2.75. The van der Waals surface area contributed by atoms with Gasteiger partial charge in [-0.2, -0.15) is 5.10 Å². The molecule has 19 heavy (non-hydrogen) atoms. The Morgan fingerprint density at radius 1 is 1.26 bits per heavy atom. The fraction of sp³-hybridized carbons (Fsp3) is 0.154. The molecule has 6 nitrogen and oxygen atoms in total. The van der Waals surface area contributed by atoms with Crippen LogP contribution in [0.25, 0.3) is 0 Å². The molecular weight excluding hydrogens is 244 g/mol. The molecule has 0 fully saturated rings. The van der Waals surface area contributed by atoms with Crippen LogP contribution >= 0.6 is 0 Å². The second-order valence-electron chi connectivity index (χ2n) is 4.31. The van der Waals surface area contributed by atoms with Gasteiger partial charge in [-0.15, -0.1) is 0 Å². The summed E-state index contributed by atoms with van der Waals surface area (Å²) < 4.78 is 0. The molecule has 0 spiro atoms. The molecule has 0 unspecified atom stereocenters. The van der Waals surface area contributed by atoms with Crippen molar-refractivity contribution < 1.29 is 4.79 Å². The van der Waals surface area contributed by atoms with E-state index in [1.54, 1.807) is 6.07 Å². The summed E-state index contributed by atoms with van der Waals surface area (Å²) in [6, 6.07) is 8.31. The maximum atomic E-state index is 12.0. The number of hydrogen-bond acceptors (Lipinski definition) is 4. The van der Waals surface area contributed by atoms with Gasteiger partial charge in [-0.25, -0.2) is 5.10 Å². The number of carbonyl (C=O) groups excluding carboxylic acids is 1. The zero-order valence-corrected chi connectivity index (χ0v) is 10.1. The van der Waals surface area contributed by atoms with Crippen molar-refractivity contribution in [1.29, 1.82) is 0 Å². The van der Waals surface area contributed by atoms with Gasteiger partial charge in [0.05, 0.1) is 0 Å². The normalized spacial score (nSPS) is 12.6. The molecule has 2 heterocycles. The van der Waals surface area contributed by atoms with Crippen LogP contribution in [-0.4, -0.2) is 22.6 Å². The van der Waals surface area contributed by atoms with Gasteiger partial charge in [-0.1, -0.05) is 0 Å². The first kappa shape index (κ1) is 11.5. The van der Waals surface area contributed by atoms with Gasteiger partial charge < -0.3 is 10.6 Å². The number of fused-ring (bicyclic) bond motifs is 1. The lowest BCUT2D eigenvalue weighted by molar-refractivity contribution is 0.102. The standard InChI is InChI=1S/C13H12N4O2/c18-12-4-3-11(16-17-12)15-13(19)9-1-2-10-8(7-9)5-6-14-10/h1-4,7,14H,5-6H2,(H,17,18)(H,15,16,19). The Labute approximate surface area is 108 Å². The van der Waals surface area contributed by atoms with Gasteiger partial charge in [0.25, 0.3) is 11.5 Å². The number of aromatic nitrogens is 2. The summed E-state index contributed by atoms with van der Waals surface area (Å²) in [5, 5.41) is 11.9. The van der Waals surface area contributed by atoms with E-state index in [0.29, 0.717) is 11.4 Å². The SMILES string of the molecule is O=C(Nc1ccc(=O)[nH]n1)c1ccc2c(c1)CCN2. The van der Waals surface area contributed by atoms with E-state index < -0.39 is 0 Å². The summed E-state index contributed by atoms with van der Waals surface area (Å²) in [6.45, 7) is 0.905. The molecule has 0 saturated carbocycles. The van der Waals surface area contributed by atoms with Crippen LogP contribution in [0.4, 0.5) is 11.5 Å². The maximum absolute atomic E-state index is 12.0. The van der Waals surface area contributed by atoms with Crippen LogP contribution in [0.1, 0.15) is 15.9 Å². The van der Waals surface area contributed by atoms with Crippen molar-refractivity contribution in [1.82, 2.24) is 10.2 Å². The monoisotopic (exact) mass is 256 g/mol. The van der Waals surface area contributed by atoms with Crippen LogP contribution in [0, 0.1) is 0 Å². The first-order valence-electron chi connectivity index (χ1n) is 5.96. The number of anilines is 2. The van der Waals surface area contributed by atoms with Gasteiger partial charge in [0, 0.05) is 23.9 Å². The minimum Gasteiger partial charge on any atom is -0.384 e. The number of rotatable bonds is 2. The smallest absolute Gasteiger partial charge is 0.264 e. The lowest BCUT2D eigenvalue weighted by Gasteiger charge is -2.05. The lowest BCUT2D eigenvalue weighted by atomic mass is 10.1. The molecule has 3 rings (SSSR count). The summed E-state index contributed by atoms with van der Waals surface area (Å²) in [6.07, 6.45) is 0.924. The molecule has 1 aliphatic heterocycles. The van der Waals surface area contributed by atoms with Crippen molar-refractivity contribution in [2.45, 2.75) is 6.42 Å². The van der Waals surface area contributed by atoms with Crippen molar-refractivity contribution in [2.24, 2.45) is 0 Å². The first-order chi connectivity index (χ1) is 9.22. The molecule has 0 atom stereocenters. The minimum atomic E-state index is -0.304. The Bertz CT molecular complexity index is 673. The molecule has 96 valence electrons. The molecule has 1 aromatic carbocycles. The zero-order chi connectivity index (χ0) is 13.2. The van der Waals surface area contributed by atoms with E-state index in [0.717, 1.165) is 24.2 Å². The zero-order valence-electron chi connectivity index (χ0n) is 10.1. The van der Waals surface area contributed by atoms with Crippen LogP contribution in [0.5, 0.6) is 0 Å². The summed E-state index contributed by atoms with van der Waals surface area (Å²) in [7, 11) is 0. The van der Waals surface area contributed by atoms with E-state index in [2.05, 4.69) is 20.8 Å². The first-order valence-corrected chi connectivity index (χ1v) is 5.96. The number of hydrogen-bond donors (Lipinski definition) is 3. The lowest BCUT2D eigenvalue weighted by Crippen LogP contribution is -2.15. The van der Waals surface area contributed by atoms with Crippen LogP contribution < -0.4 is 16.2 Å². The Hall–Kier alpha value is -2.63. The number of H-pyrrole nitrogens is 1. The largest absolute Gasteiger partial charge is 0.384 e. The highest BCUT2D eigenvalue weighted by molar-refractivity contribution is 6.04. The number of carbonyl (C=O) groups is 1. The van der Waals surface area contributed by atoms with Crippen LogP contribution in [0.2, 0.25) is 0 Å². The second-order valence-corrected chi connectivity index (χ2v) is 4.31. The molecule has 0 radical (unpaired) electrons. The predicted molar refractivity (Wildman–Crippen MR) is 71.4 cm³/mol. The van der Waals surface area contributed by atoms with Crippen molar-refractivity contribution in [3.63, 3.8) is 0 Å². The summed E-state index contributed by atoms with van der Waals surface area (Å²) >= 11 is 0. The van der Waals surface area contributed by atoms with Crippen LogP contribution in [-0.2, 0) is 6.42 Å². The van der Waals surface area contributed by atoms with E-state index in [4.69, 9.17) is 0 Å². The highest BCUT2D eigenvalue weighted by Gasteiger charge is 2.13. The van der Waals surface area contributed by atoms with Gasteiger partial charge in [0.1, 0.15) is 0 Å². The number of nitrogens with zero attached hydrogens (tertiary/aromatic N) is 1. The molecule has 0 bridgehead atoms. The molecule has 2 aromatic rings. The van der Waals surface area contributed by atoms with Crippen molar-refractivity contribution in [3.8, 4) is 0 Å². The third-order valence-corrected chi connectivity index (χ3v) is 3.00. The number of nitrogens with one attached hydrogen (secondary N) is 3. The summed E-state index contributed by atoms with van der Waals surface area (Å²) in [5.41, 5.74) is 2.50. The van der Waals surface area contributed by atoms with Gasteiger partial charge in [-0.05, 0) is 36.2 Å². The van der Waals surface area contributed by atoms with Crippen molar-refractivity contribution in [3.05, 3.63) is 51.8 Å². The summed E-state index contributed by atoms with van der Waals surface area (Å²) in [4.78, 5) is 22.9. The number of amides is 1. The number of aromatic amines is 1. The minimum absolute atomic E-state index is 0.241. The molecule has 1 aromatic heterocycles. The van der Waals surface area contributed by atoms with Crippen molar-refractivity contribution in [2.75, 3.05) is 17.2 Å². The van der Waals surface area contributed by atoms with Gasteiger partial charge >= 0.3 is 0 Å². The molecular formula is C13H12N4O2. The van der Waals surface area contributed by atoms with Crippen LogP contribution in [0.3, 0.4) is 0 Å². The highest BCUT2D eigenvalue weighted by atomic mass is 16.2. The van der Waals surface area contributed by atoms with E-state index >= 15 is 0 Å². The Morgan fingerprint density at radius 2 is 2.16 bits per heavy atom. The quantitative estimate of drug-likeness (QED) is 0.747. The average Bonchev–Trinajstić information content (AvgIpc) is 2.88. The van der Waals surface area contributed by atoms with E-state index in [9.17, 15) is 9.59 Å². The van der Waals surface area contributed by atoms with E-state index in [-0.39, 0.29) is 11.5 Å². The Morgan fingerprint density at radius 3 is 2.95 bits per heavy atom. The topological polar surface area (TPSA) is 86.9 Å². The third kappa shape index (κ3) is 2.33. The molecule has 3 N–H and O–H groups in total. The van der Waals surface area contributed by atoms with Crippen LogP contribution in [0.15, 0.2) is 35.1 Å². The molecule has 0 saturated heterocycles. The van der Waals surface area contributed by atoms with Gasteiger partial charge in [-0.3, -0.25) is 9.59 Å². The molecule has 1 amide bonds. The number of benzene rings is 1. The molecule has 1 aliphatic rings. The van der Waals surface area contributed by atoms with E-state index in [1.807, 2.05) is 12.1 Å². The predicted octanol–water partition coefficient (Wildman–Crippen LogP) is 0.990. The van der Waals surface area contributed by atoms with Gasteiger partial charge in [0.2, 0.25) is 0 Å². The highest BCUT2D eigenvalue weighted by Crippen LogP contribution is 2.23. The second kappa shape index (κ2) is 4.56. The van der Waals surface area contributed by atoms with Crippen molar-refractivity contribution >= 4 is 17.4 Å². The summed E-state index contributed by atoms with van der Waals surface area (Å²) in [5.74, 6) is 0.0810. The molecule has 6 heteroatoms. The fourth-order valence-corrected chi connectivity index (χ4v) is 2.05. The van der Waals surface area contributed by atoms with E-state index in [1.165, 1.54) is 12.1 Å². The Balaban J connectivity index is 1.80.